The molecular weight excluding hydrogens is 191 g/mol. The first-order valence-corrected chi connectivity index (χ1v) is 4.26. The van der Waals surface area contributed by atoms with Crippen LogP contribution in [0.4, 0.5) is 0 Å². The molecule has 0 N–H and O–H groups in total. The SMILES string of the molecule is C=CCOCC(C)O[SH](=O)=O.[NaH]. The van der Waals surface area contributed by atoms with Crippen LogP contribution in [0.5, 0.6) is 0 Å². The molecule has 0 aliphatic rings. The second-order valence-corrected chi connectivity index (χ2v) is 2.62. The van der Waals surface area contributed by atoms with Gasteiger partial charge in [0.15, 0.2) is 0 Å². The molecule has 6 heteroatoms. The van der Waals surface area contributed by atoms with Crippen LogP contribution < -0.4 is 0 Å². The van der Waals surface area contributed by atoms with E-state index in [2.05, 4.69) is 10.8 Å². The van der Waals surface area contributed by atoms with Gasteiger partial charge in [-0.05, 0) is 6.92 Å². The molecule has 1 unspecified atom stereocenters. The Labute approximate surface area is 96.4 Å². The van der Waals surface area contributed by atoms with Crippen LogP contribution in [0, 0.1) is 0 Å². The van der Waals surface area contributed by atoms with Gasteiger partial charge in [0, 0.05) is 0 Å². The van der Waals surface area contributed by atoms with Crippen LogP contribution in [-0.4, -0.2) is 57.3 Å². The van der Waals surface area contributed by atoms with Crippen molar-refractivity contribution in [3.63, 3.8) is 0 Å². The van der Waals surface area contributed by atoms with E-state index < -0.39 is 17.1 Å². The Bertz CT molecular complexity index is 172. The topological polar surface area (TPSA) is 52.6 Å². The summed E-state index contributed by atoms with van der Waals surface area (Å²) in [6.07, 6.45) is 1.17. The van der Waals surface area contributed by atoms with Crippen molar-refractivity contribution in [1.29, 1.82) is 0 Å². The van der Waals surface area contributed by atoms with E-state index in [-0.39, 0.29) is 36.2 Å². The molecule has 12 heavy (non-hydrogen) atoms. The number of ether oxygens (including phenoxy) is 1. The maximum absolute atomic E-state index is 9.98. The summed E-state index contributed by atoms with van der Waals surface area (Å²) in [6.45, 7) is 5.72. The number of rotatable bonds is 6. The molecule has 0 aromatic carbocycles. The summed E-state index contributed by atoms with van der Waals surface area (Å²) in [7, 11) is -2.77. The fraction of sp³-hybridized carbons (Fsp3) is 0.667. The third kappa shape index (κ3) is 10.6. The van der Waals surface area contributed by atoms with Gasteiger partial charge in [-0.3, -0.25) is 4.18 Å². The van der Waals surface area contributed by atoms with Crippen molar-refractivity contribution in [2.24, 2.45) is 0 Å². The second kappa shape index (κ2) is 9.70. The summed E-state index contributed by atoms with van der Waals surface area (Å²) in [6, 6.07) is 0. The molecule has 0 saturated heterocycles. The minimum atomic E-state index is -2.77. The van der Waals surface area contributed by atoms with Crippen molar-refractivity contribution in [2.75, 3.05) is 13.2 Å². The molecule has 0 bridgehead atoms. The quantitative estimate of drug-likeness (QED) is 0.273. The fourth-order valence-electron chi connectivity index (χ4n) is 0.495. The molecule has 68 valence electrons. The fourth-order valence-corrected chi connectivity index (χ4v) is 0.849. The van der Waals surface area contributed by atoms with Gasteiger partial charge in [0.25, 0.3) is 11.0 Å². The van der Waals surface area contributed by atoms with Crippen molar-refractivity contribution in [1.82, 2.24) is 0 Å². The molecule has 0 aliphatic heterocycles. The molecule has 1 atom stereocenters. The Morgan fingerprint density at radius 2 is 2.17 bits per heavy atom. The first-order valence-electron chi connectivity index (χ1n) is 3.16. The van der Waals surface area contributed by atoms with E-state index in [0.717, 1.165) is 0 Å². The van der Waals surface area contributed by atoms with E-state index in [9.17, 15) is 8.42 Å². The molecule has 0 aromatic heterocycles. The zero-order valence-corrected chi connectivity index (χ0v) is 7.25. The van der Waals surface area contributed by atoms with Crippen LogP contribution >= 0.6 is 0 Å². The average molecular weight is 204 g/mol. The van der Waals surface area contributed by atoms with Gasteiger partial charge in [0.05, 0.1) is 19.3 Å². The molecule has 0 aliphatic carbocycles. The van der Waals surface area contributed by atoms with Gasteiger partial charge in [-0.2, -0.15) is 0 Å². The number of hydrogen-bond donors (Lipinski definition) is 1. The number of thiol groups is 1. The van der Waals surface area contributed by atoms with Gasteiger partial charge < -0.3 is 4.74 Å². The predicted molar refractivity (Wildman–Crippen MR) is 49.0 cm³/mol. The van der Waals surface area contributed by atoms with Gasteiger partial charge in [-0.1, -0.05) is 6.08 Å². The Balaban J connectivity index is 0. The standard InChI is InChI=1S/C6H12O4S.Na.H/c1-3-4-9-5-6(2)10-11(7)8;;/h3,6,11H,1,4-5H2,2H3;;. The predicted octanol–water partition coefficient (Wildman–Crippen LogP) is -0.528. The van der Waals surface area contributed by atoms with Crippen molar-refractivity contribution >= 4 is 40.5 Å². The average Bonchev–Trinajstić information content (AvgIpc) is 1.86. The molecule has 0 rings (SSSR count). The van der Waals surface area contributed by atoms with Crippen LogP contribution in [0.1, 0.15) is 6.92 Å². The van der Waals surface area contributed by atoms with Crippen molar-refractivity contribution in [3.8, 4) is 0 Å². The Kier molecular flexibility index (Phi) is 12.2. The summed E-state index contributed by atoms with van der Waals surface area (Å²) in [5.41, 5.74) is 0. The first-order chi connectivity index (χ1) is 5.16. The molecule has 4 nitrogen and oxygen atoms in total. The minimum absolute atomic E-state index is 0. The van der Waals surface area contributed by atoms with Gasteiger partial charge in [0.1, 0.15) is 0 Å². The van der Waals surface area contributed by atoms with E-state index in [4.69, 9.17) is 4.74 Å². The van der Waals surface area contributed by atoms with E-state index >= 15 is 0 Å². The van der Waals surface area contributed by atoms with Gasteiger partial charge in [-0.25, -0.2) is 8.42 Å². The Hall–Kier alpha value is 0.610. The summed E-state index contributed by atoms with van der Waals surface area (Å²) in [4.78, 5) is 0. The molecule has 0 amide bonds. The van der Waals surface area contributed by atoms with Crippen LogP contribution in [0.2, 0.25) is 0 Å². The normalized spacial score (nSPS) is 12.2. The van der Waals surface area contributed by atoms with Gasteiger partial charge in [-0.15, -0.1) is 6.58 Å². The van der Waals surface area contributed by atoms with Crippen molar-refractivity contribution in [2.45, 2.75) is 13.0 Å². The van der Waals surface area contributed by atoms with E-state index in [1.54, 1.807) is 13.0 Å². The van der Waals surface area contributed by atoms with Gasteiger partial charge >= 0.3 is 29.6 Å². The summed E-state index contributed by atoms with van der Waals surface area (Å²) in [5, 5.41) is 0. The zero-order valence-electron chi connectivity index (χ0n) is 6.36. The zero-order chi connectivity index (χ0) is 8.69. The van der Waals surface area contributed by atoms with Crippen LogP contribution in [0.3, 0.4) is 0 Å². The first kappa shape index (κ1) is 15.1. The molecule has 0 heterocycles. The second-order valence-electron chi connectivity index (χ2n) is 1.97. The Morgan fingerprint density at radius 1 is 1.58 bits per heavy atom. The molecule has 0 spiro atoms. The van der Waals surface area contributed by atoms with Crippen LogP contribution in [0.15, 0.2) is 12.7 Å². The summed E-state index contributed by atoms with van der Waals surface area (Å²) < 4.78 is 29.3. The van der Waals surface area contributed by atoms with Crippen LogP contribution in [-0.2, 0) is 19.9 Å². The van der Waals surface area contributed by atoms with Crippen LogP contribution in [0.25, 0.3) is 0 Å². The summed E-state index contributed by atoms with van der Waals surface area (Å²) >= 11 is 0. The van der Waals surface area contributed by atoms with Gasteiger partial charge in [0.2, 0.25) is 0 Å². The van der Waals surface area contributed by atoms with Crippen molar-refractivity contribution in [3.05, 3.63) is 12.7 Å². The maximum atomic E-state index is 9.98. The Morgan fingerprint density at radius 3 is 2.58 bits per heavy atom. The number of hydrogen-bond acceptors (Lipinski definition) is 4. The molecule has 0 fully saturated rings. The molecule has 0 radical (unpaired) electrons. The van der Waals surface area contributed by atoms with E-state index in [1.165, 1.54) is 0 Å². The third-order valence-electron chi connectivity index (χ3n) is 0.854. The van der Waals surface area contributed by atoms with E-state index in [1.807, 2.05) is 0 Å². The monoisotopic (exact) mass is 204 g/mol. The van der Waals surface area contributed by atoms with E-state index in [0.29, 0.717) is 6.61 Å². The summed E-state index contributed by atoms with van der Waals surface area (Å²) in [5.74, 6) is 0. The third-order valence-corrected chi connectivity index (χ3v) is 1.39. The molecule has 0 aromatic rings. The molecular formula is C6H13NaO4S. The molecule has 0 saturated carbocycles. The van der Waals surface area contributed by atoms with Crippen molar-refractivity contribution < 1.29 is 17.3 Å².